The molecule has 94 valence electrons. The summed E-state index contributed by atoms with van der Waals surface area (Å²) in [6, 6.07) is 2.21. The van der Waals surface area contributed by atoms with Gasteiger partial charge >= 0.3 is 0 Å². The van der Waals surface area contributed by atoms with Crippen molar-refractivity contribution < 1.29 is 0 Å². The SMILES string of the molecule is CCCCCCCCCCC(CN)CC#N. The Morgan fingerprint density at radius 2 is 1.56 bits per heavy atom. The summed E-state index contributed by atoms with van der Waals surface area (Å²) >= 11 is 0. The van der Waals surface area contributed by atoms with Gasteiger partial charge in [-0.05, 0) is 18.9 Å². The molecule has 0 heterocycles. The van der Waals surface area contributed by atoms with Gasteiger partial charge in [-0.25, -0.2) is 0 Å². The third kappa shape index (κ3) is 9.98. The van der Waals surface area contributed by atoms with Gasteiger partial charge in [-0.2, -0.15) is 5.26 Å². The minimum absolute atomic E-state index is 0.435. The number of nitriles is 1. The van der Waals surface area contributed by atoms with Crippen molar-refractivity contribution in [3.8, 4) is 6.07 Å². The molecule has 1 atom stereocenters. The minimum Gasteiger partial charge on any atom is -0.330 e. The van der Waals surface area contributed by atoms with Crippen LogP contribution in [0.3, 0.4) is 0 Å². The highest BCUT2D eigenvalue weighted by molar-refractivity contribution is 4.76. The fourth-order valence-corrected chi connectivity index (χ4v) is 2.00. The first-order chi connectivity index (χ1) is 7.85. The smallest absolute Gasteiger partial charge is 0.0625 e. The van der Waals surface area contributed by atoms with Crippen molar-refractivity contribution >= 4 is 0 Å². The molecule has 0 aliphatic heterocycles. The molecule has 16 heavy (non-hydrogen) atoms. The maximum Gasteiger partial charge on any atom is 0.0625 e. The normalized spacial score (nSPS) is 12.3. The topological polar surface area (TPSA) is 49.8 Å². The number of unbranched alkanes of at least 4 members (excludes halogenated alkanes) is 7. The molecule has 1 unspecified atom stereocenters. The van der Waals surface area contributed by atoms with Crippen LogP contribution < -0.4 is 5.73 Å². The first kappa shape index (κ1) is 15.4. The van der Waals surface area contributed by atoms with Gasteiger partial charge in [0.1, 0.15) is 0 Å². The molecule has 0 saturated carbocycles. The predicted octanol–water partition coefficient (Wildman–Crippen LogP) is 4.01. The molecule has 0 rings (SSSR count). The van der Waals surface area contributed by atoms with E-state index in [1.807, 2.05) is 0 Å². The summed E-state index contributed by atoms with van der Waals surface area (Å²) in [4.78, 5) is 0. The Bertz CT molecular complexity index is 172. The maximum atomic E-state index is 8.59. The fourth-order valence-electron chi connectivity index (χ4n) is 2.00. The van der Waals surface area contributed by atoms with Crippen LogP contribution in [0, 0.1) is 17.2 Å². The molecule has 0 aliphatic carbocycles. The first-order valence-electron chi connectivity index (χ1n) is 6.92. The van der Waals surface area contributed by atoms with Crippen molar-refractivity contribution in [3.63, 3.8) is 0 Å². The maximum absolute atomic E-state index is 8.59. The second kappa shape index (κ2) is 12.5. The van der Waals surface area contributed by atoms with Crippen LogP contribution >= 0.6 is 0 Å². The Morgan fingerprint density at radius 3 is 2.06 bits per heavy atom. The average molecular weight is 224 g/mol. The van der Waals surface area contributed by atoms with Crippen molar-refractivity contribution in [1.29, 1.82) is 5.26 Å². The van der Waals surface area contributed by atoms with Crippen LogP contribution in [0.5, 0.6) is 0 Å². The summed E-state index contributed by atoms with van der Waals surface area (Å²) in [6.07, 6.45) is 12.6. The Kier molecular flexibility index (Phi) is 12.1. The molecule has 0 amide bonds. The summed E-state index contributed by atoms with van der Waals surface area (Å²) in [5.41, 5.74) is 5.60. The first-order valence-corrected chi connectivity index (χ1v) is 6.92. The Balaban J connectivity index is 3.16. The zero-order chi connectivity index (χ0) is 12.1. The van der Waals surface area contributed by atoms with Crippen LogP contribution in [-0.4, -0.2) is 6.54 Å². The number of rotatable bonds is 11. The van der Waals surface area contributed by atoms with Crippen LogP contribution in [0.25, 0.3) is 0 Å². The van der Waals surface area contributed by atoms with Gasteiger partial charge in [0.15, 0.2) is 0 Å². The van der Waals surface area contributed by atoms with E-state index in [0.717, 1.165) is 6.42 Å². The van der Waals surface area contributed by atoms with Crippen LogP contribution in [0.2, 0.25) is 0 Å². The van der Waals surface area contributed by atoms with Crippen LogP contribution in [0.1, 0.15) is 71.1 Å². The third-order valence-corrected chi connectivity index (χ3v) is 3.18. The lowest BCUT2D eigenvalue weighted by molar-refractivity contribution is 0.464. The van der Waals surface area contributed by atoms with Crippen molar-refractivity contribution in [1.82, 2.24) is 0 Å². The predicted molar refractivity (Wildman–Crippen MR) is 70.0 cm³/mol. The molecule has 2 heteroatoms. The van der Waals surface area contributed by atoms with E-state index in [2.05, 4.69) is 13.0 Å². The number of hydrogen-bond acceptors (Lipinski definition) is 2. The molecule has 0 bridgehead atoms. The molecule has 2 N–H and O–H groups in total. The Hall–Kier alpha value is -0.550. The minimum atomic E-state index is 0.435. The molecule has 0 aromatic carbocycles. The molecule has 0 aliphatic rings. The van der Waals surface area contributed by atoms with Crippen LogP contribution in [0.4, 0.5) is 0 Å². The van der Waals surface area contributed by atoms with Gasteiger partial charge in [-0.1, -0.05) is 58.3 Å². The number of nitrogens with two attached hydrogens (primary N) is 1. The zero-order valence-electron chi connectivity index (χ0n) is 10.9. The molecule has 0 spiro atoms. The van der Waals surface area contributed by atoms with E-state index in [1.165, 1.54) is 51.4 Å². The van der Waals surface area contributed by atoms with E-state index in [9.17, 15) is 0 Å². The van der Waals surface area contributed by atoms with Crippen LogP contribution in [0.15, 0.2) is 0 Å². The molecule has 2 nitrogen and oxygen atoms in total. The van der Waals surface area contributed by atoms with E-state index in [4.69, 9.17) is 11.0 Å². The Morgan fingerprint density at radius 1 is 1.00 bits per heavy atom. The quantitative estimate of drug-likeness (QED) is 0.539. The lowest BCUT2D eigenvalue weighted by Gasteiger charge is -2.09. The Labute approximate surface area is 101 Å². The summed E-state index contributed by atoms with van der Waals surface area (Å²) in [7, 11) is 0. The molecular weight excluding hydrogens is 196 g/mol. The van der Waals surface area contributed by atoms with Gasteiger partial charge in [0.2, 0.25) is 0 Å². The summed E-state index contributed by atoms with van der Waals surface area (Å²) in [5, 5.41) is 8.59. The monoisotopic (exact) mass is 224 g/mol. The molecule has 0 saturated heterocycles. The standard InChI is InChI=1S/C14H28N2/c1-2-3-4-5-6-7-8-9-10-14(13-16)11-12-15/h14H,2-11,13,16H2,1H3. The van der Waals surface area contributed by atoms with E-state index < -0.39 is 0 Å². The lowest BCUT2D eigenvalue weighted by atomic mass is 9.98. The highest BCUT2D eigenvalue weighted by Crippen LogP contribution is 2.14. The van der Waals surface area contributed by atoms with Crippen molar-refractivity contribution in [3.05, 3.63) is 0 Å². The zero-order valence-corrected chi connectivity index (χ0v) is 10.9. The summed E-state index contributed by atoms with van der Waals surface area (Å²) in [6.45, 7) is 2.92. The van der Waals surface area contributed by atoms with Gasteiger partial charge in [-0.15, -0.1) is 0 Å². The van der Waals surface area contributed by atoms with E-state index in [1.54, 1.807) is 0 Å². The molecule has 0 aromatic heterocycles. The highest BCUT2D eigenvalue weighted by Gasteiger charge is 2.04. The number of hydrogen-bond donors (Lipinski definition) is 1. The van der Waals surface area contributed by atoms with E-state index in [0.29, 0.717) is 18.9 Å². The van der Waals surface area contributed by atoms with E-state index in [-0.39, 0.29) is 0 Å². The second-order valence-electron chi connectivity index (χ2n) is 4.73. The summed E-state index contributed by atoms with van der Waals surface area (Å²) < 4.78 is 0. The highest BCUT2D eigenvalue weighted by atomic mass is 14.5. The number of nitrogens with zero attached hydrogens (tertiary/aromatic N) is 1. The lowest BCUT2D eigenvalue weighted by Crippen LogP contribution is -2.13. The second-order valence-corrected chi connectivity index (χ2v) is 4.73. The van der Waals surface area contributed by atoms with Gasteiger partial charge in [-0.3, -0.25) is 0 Å². The third-order valence-electron chi connectivity index (χ3n) is 3.18. The van der Waals surface area contributed by atoms with Gasteiger partial charge in [0, 0.05) is 6.42 Å². The van der Waals surface area contributed by atoms with Crippen molar-refractivity contribution in [2.45, 2.75) is 71.1 Å². The van der Waals surface area contributed by atoms with Crippen molar-refractivity contribution in [2.24, 2.45) is 11.7 Å². The van der Waals surface area contributed by atoms with Crippen LogP contribution in [-0.2, 0) is 0 Å². The molecule has 0 radical (unpaired) electrons. The van der Waals surface area contributed by atoms with Gasteiger partial charge < -0.3 is 5.73 Å². The molecule has 0 aromatic rings. The van der Waals surface area contributed by atoms with Crippen molar-refractivity contribution in [2.75, 3.05) is 6.54 Å². The molecule has 0 fully saturated rings. The summed E-state index contributed by atoms with van der Waals surface area (Å²) in [5.74, 6) is 0.435. The largest absolute Gasteiger partial charge is 0.330 e. The van der Waals surface area contributed by atoms with E-state index >= 15 is 0 Å². The fraction of sp³-hybridized carbons (Fsp3) is 0.929. The average Bonchev–Trinajstić information content (AvgIpc) is 2.31. The van der Waals surface area contributed by atoms with Gasteiger partial charge in [0.05, 0.1) is 6.07 Å². The van der Waals surface area contributed by atoms with Gasteiger partial charge in [0.25, 0.3) is 0 Å². The molecular formula is C14H28N2.